The van der Waals surface area contributed by atoms with Gasteiger partial charge in [-0.05, 0) is 43.9 Å². The number of aromatic nitrogens is 2. The van der Waals surface area contributed by atoms with Crippen LogP contribution in [0.2, 0.25) is 0 Å². The highest BCUT2D eigenvalue weighted by atomic mass is 32.2. The number of amides is 1. The average molecular weight is 343 g/mol. The fraction of sp³-hybridized carbons (Fsp3) is 0.235. The van der Waals surface area contributed by atoms with Crippen LogP contribution in [0, 0.1) is 13.8 Å². The molecule has 0 unspecified atom stereocenters. The maximum Gasteiger partial charge on any atom is 0.322 e. The van der Waals surface area contributed by atoms with Crippen molar-refractivity contribution in [2.45, 2.75) is 25.7 Å². The zero-order valence-corrected chi connectivity index (χ0v) is 14.4. The summed E-state index contributed by atoms with van der Waals surface area (Å²) in [4.78, 5) is 13.4. The van der Waals surface area contributed by atoms with Crippen molar-refractivity contribution >= 4 is 23.7 Å². The molecule has 0 atom stereocenters. The van der Waals surface area contributed by atoms with Crippen molar-refractivity contribution in [1.29, 1.82) is 0 Å². The molecule has 1 amide bonds. The van der Waals surface area contributed by atoms with E-state index in [0.29, 0.717) is 17.2 Å². The fourth-order valence-corrected chi connectivity index (χ4v) is 3.01. The Morgan fingerprint density at radius 3 is 2.75 bits per heavy atom. The standard InChI is InChI=1S/C17H17N3O3S/c1-4-24-13-7-5-6-12(9-13)15(21)18-17-20-19-16(23-17)14-8-10(2)22-11(14)3/h5-9H,4H2,1-3H3,(H,18,20,21). The number of hydrogen-bond acceptors (Lipinski definition) is 6. The van der Waals surface area contributed by atoms with E-state index in [-0.39, 0.29) is 11.9 Å². The molecule has 3 rings (SSSR count). The first-order valence-corrected chi connectivity index (χ1v) is 8.50. The van der Waals surface area contributed by atoms with E-state index in [4.69, 9.17) is 8.83 Å². The van der Waals surface area contributed by atoms with Gasteiger partial charge in [-0.25, -0.2) is 0 Å². The van der Waals surface area contributed by atoms with Crippen LogP contribution in [-0.4, -0.2) is 21.9 Å². The van der Waals surface area contributed by atoms with Crippen molar-refractivity contribution in [2.24, 2.45) is 0 Å². The predicted octanol–water partition coefficient (Wildman–Crippen LogP) is 4.31. The number of thioether (sulfide) groups is 1. The summed E-state index contributed by atoms with van der Waals surface area (Å²) < 4.78 is 11.0. The van der Waals surface area contributed by atoms with Crippen molar-refractivity contribution < 1.29 is 13.6 Å². The Morgan fingerprint density at radius 2 is 2.04 bits per heavy atom. The zero-order valence-electron chi connectivity index (χ0n) is 13.6. The molecule has 0 saturated heterocycles. The molecule has 124 valence electrons. The normalized spacial score (nSPS) is 10.8. The Kier molecular flexibility index (Phi) is 4.71. The van der Waals surface area contributed by atoms with Gasteiger partial charge in [0.05, 0.1) is 5.56 Å². The van der Waals surface area contributed by atoms with E-state index in [1.54, 1.807) is 17.8 Å². The third-order valence-electron chi connectivity index (χ3n) is 3.32. The summed E-state index contributed by atoms with van der Waals surface area (Å²) in [6.45, 7) is 5.73. The van der Waals surface area contributed by atoms with Gasteiger partial charge in [-0.1, -0.05) is 18.1 Å². The number of carbonyl (C=O) groups is 1. The SMILES string of the molecule is CCSc1cccc(C(=O)Nc2nnc(-c3cc(C)oc3C)o2)c1. The van der Waals surface area contributed by atoms with Crippen molar-refractivity contribution in [1.82, 2.24) is 10.2 Å². The topological polar surface area (TPSA) is 81.2 Å². The second-order valence-electron chi connectivity index (χ2n) is 5.15. The molecule has 2 heterocycles. The van der Waals surface area contributed by atoms with Crippen molar-refractivity contribution in [3.63, 3.8) is 0 Å². The Labute approximate surface area is 143 Å². The number of aryl methyl sites for hydroxylation is 2. The quantitative estimate of drug-likeness (QED) is 0.695. The minimum atomic E-state index is -0.288. The third kappa shape index (κ3) is 3.51. The number of nitrogens with zero attached hydrogens (tertiary/aromatic N) is 2. The van der Waals surface area contributed by atoms with E-state index in [1.807, 2.05) is 38.1 Å². The van der Waals surface area contributed by atoms with E-state index in [9.17, 15) is 4.79 Å². The van der Waals surface area contributed by atoms with Gasteiger partial charge in [0.1, 0.15) is 11.5 Å². The molecular weight excluding hydrogens is 326 g/mol. The average Bonchev–Trinajstić information content (AvgIpc) is 3.14. The van der Waals surface area contributed by atoms with Crippen molar-refractivity contribution in [3.8, 4) is 11.5 Å². The van der Waals surface area contributed by atoms with E-state index >= 15 is 0 Å². The minimum absolute atomic E-state index is 0.0572. The molecule has 7 heteroatoms. The van der Waals surface area contributed by atoms with Crippen LogP contribution in [0.3, 0.4) is 0 Å². The van der Waals surface area contributed by atoms with E-state index in [0.717, 1.165) is 22.0 Å². The summed E-state index contributed by atoms with van der Waals surface area (Å²) >= 11 is 1.68. The molecule has 0 fully saturated rings. The number of rotatable bonds is 5. The molecule has 0 radical (unpaired) electrons. The lowest BCUT2D eigenvalue weighted by Gasteiger charge is -2.03. The maximum absolute atomic E-state index is 12.3. The first-order valence-electron chi connectivity index (χ1n) is 7.52. The molecule has 3 aromatic rings. The molecule has 0 aliphatic heterocycles. The summed E-state index contributed by atoms with van der Waals surface area (Å²) in [6, 6.07) is 9.28. The molecule has 0 aliphatic rings. The molecule has 0 aliphatic carbocycles. The summed E-state index contributed by atoms with van der Waals surface area (Å²) in [6.07, 6.45) is 0. The fourth-order valence-electron chi connectivity index (χ4n) is 2.29. The van der Waals surface area contributed by atoms with Gasteiger partial charge >= 0.3 is 6.01 Å². The lowest BCUT2D eigenvalue weighted by Crippen LogP contribution is -2.12. The van der Waals surface area contributed by atoms with E-state index in [2.05, 4.69) is 22.4 Å². The van der Waals surface area contributed by atoms with E-state index < -0.39 is 0 Å². The number of furan rings is 1. The van der Waals surface area contributed by atoms with Gasteiger partial charge in [0.25, 0.3) is 11.8 Å². The number of nitrogens with one attached hydrogen (secondary N) is 1. The van der Waals surface area contributed by atoms with Crippen LogP contribution >= 0.6 is 11.8 Å². The molecular formula is C17H17N3O3S. The first-order chi connectivity index (χ1) is 11.6. The lowest BCUT2D eigenvalue weighted by atomic mass is 10.2. The third-order valence-corrected chi connectivity index (χ3v) is 4.20. The van der Waals surface area contributed by atoms with Gasteiger partial charge in [-0.2, -0.15) is 0 Å². The Balaban J connectivity index is 1.76. The van der Waals surface area contributed by atoms with E-state index in [1.165, 1.54) is 0 Å². The molecule has 24 heavy (non-hydrogen) atoms. The Bertz CT molecular complexity index is 870. The molecule has 6 nitrogen and oxygen atoms in total. The summed E-state index contributed by atoms with van der Waals surface area (Å²) in [5.74, 6) is 2.43. The van der Waals surface area contributed by atoms with Crippen LogP contribution in [0.1, 0.15) is 28.8 Å². The molecule has 0 spiro atoms. The van der Waals surface area contributed by atoms with Crippen molar-refractivity contribution in [3.05, 3.63) is 47.4 Å². The molecule has 2 aromatic heterocycles. The molecule has 1 aromatic carbocycles. The predicted molar refractivity (Wildman–Crippen MR) is 92.3 cm³/mol. The lowest BCUT2D eigenvalue weighted by molar-refractivity contribution is 0.102. The zero-order chi connectivity index (χ0) is 17.1. The highest BCUT2D eigenvalue weighted by Gasteiger charge is 2.16. The number of carbonyl (C=O) groups excluding carboxylic acids is 1. The number of hydrogen-bond donors (Lipinski definition) is 1. The minimum Gasteiger partial charge on any atom is -0.466 e. The van der Waals surface area contributed by atoms with Crippen LogP contribution in [0.15, 0.2) is 44.1 Å². The Hall–Kier alpha value is -2.54. The highest BCUT2D eigenvalue weighted by Crippen LogP contribution is 2.26. The van der Waals surface area contributed by atoms with Crippen LogP contribution in [0.4, 0.5) is 6.01 Å². The monoisotopic (exact) mass is 343 g/mol. The summed E-state index contributed by atoms with van der Waals surface area (Å²) in [7, 11) is 0. The maximum atomic E-state index is 12.3. The summed E-state index contributed by atoms with van der Waals surface area (Å²) in [5.41, 5.74) is 1.27. The smallest absolute Gasteiger partial charge is 0.322 e. The number of benzene rings is 1. The highest BCUT2D eigenvalue weighted by molar-refractivity contribution is 7.99. The second-order valence-corrected chi connectivity index (χ2v) is 6.49. The van der Waals surface area contributed by atoms with Gasteiger partial charge in [0.2, 0.25) is 0 Å². The van der Waals surface area contributed by atoms with Gasteiger partial charge < -0.3 is 8.83 Å². The van der Waals surface area contributed by atoms with Crippen LogP contribution in [0.5, 0.6) is 0 Å². The second kappa shape index (κ2) is 6.92. The van der Waals surface area contributed by atoms with Gasteiger partial charge in [0.15, 0.2) is 0 Å². The first kappa shape index (κ1) is 16.3. The molecule has 0 saturated carbocycles. The van der Waals surface area contributed by atoms with Crippen LogP contribution in [0.25, 0.3) is 11.5 Å². The van der Waals surface area contributed by atoms with Gasteiger partial charge in [-0.3, -0.25) is 10.1 Å². The van der Waals surface area contributed by atoms with Crippen LogP contribution in [-0.2, 0) is 0 Å². The van der Waals surface area contributed by atoms with Gasteiger partial charge in [0, 0.05) is 10.5 Å². The van der Waals surface area contributed by atoms with Gasteiger partial charge in [-0.15, -0.1) is 16.9 Å². The Morgan fingerprint density at radius 1 is 1.21 bits per heavy atom. The van der Waals surface area contributed by atoms with Crippen molar-refractivity contribution in [2.75, 3.05) is 11.1 Å². The van der Waals surface area contributed by atoms with Crippen LogP contribution < -0.4 is 5.32 Å². The largest absolute Gasteiger partial charge is 0.466 e. The molecule has 0 bridgehead atoms. The summed E-state index contributed by atoms with van der Waals surface area (Å²) in [5, 5.41) is 10.5. The molecule has 1 N–H and O–H groups in total. The number of anilines is 1.